The molecule has 0 aromatic heterocycles. The lowest BCUT2D eigenvalue weighted by molar-refractivity contribution is -0.133. The van der Waals surface area contributed by atoms with E-state index in [0.29, 0.717) is 26.2 Å². The minimum Gasteiger partial charge on any atom is -0.378 e. The zero-order valence-electron chi connectivity index (χ0n) is 14.2. The van der Waals surface area contributed by atoms with Crippen LogP contribution in [0.5, 0.6) is 0 Å². The molecule has 0 saturated carbocycles. The number of rotatable bonds is 6. The molecule has 2 heterocycles. The van der Waals surface area contributed by atoms with Crippen LogP contribution < -0.4 is 0 Å². The molecule has 2 fully saturated rings. The number of benzene rings is 1. The van der Waals surface area contributed by atoms with Gasteiger partial charge in [-0.25, -0.2) is 4.39 Å². The number of likely N-dealkylation sites (tertiary alicyclic amines) is 1. The van der Waals surface area contributed by atoms with Gasteiger partial charge in [0.15, 0.2) is 0 Å². The lowest BCUT2D eigenvalue weighted by Crippen LogP contribution is -2.34. The Morgan fingerprint density at radius 1 is 1.38 bits per heavy atom. The number of ether oxygens (including phenoxy) is 2. The number of hydrogen-bond acceptors (Lipinski definition) is 3. The first-order valence-corrected chi connectivity index (χ1v) is 8.88. The van der Waals surface area contributed by atoms with Gasteiger partial charge in [0.2, 0.25) is 5.91 Å². The lowest BCUT2D eigenvalue weighted by Gasteiger charge is -2.21. The molecule has 2 aliphatic heterocycles. The van der Waals surface area contributed by atoms with E-state index in [4.69, 9.17) is 9.47 Å². The van der Waals surface area contributed by atoms with Crippen LogP contribution in [0.1, 0.15) is 44.1 Å². The first-order chi connectivity index (χ1) is 11.6. The van der Waals surface area contributed by atoms with Crippen molar-refractivity contribution in [2.75, 3.05) is 26.4 Å². The highest BCUT2D eigenvalue weighted by Gasteiger charge is 2.32. The summed E-state index contributed by atoms with van der Waals surface area (Å²) in [6.45, 7) is 4.64. The van der Waals surface area contributed by atoms with Crippen molar-refractivity contribution < 1.29 is 18.7 Å². The van der Waals surface area contributed by atoms with Crippen LogP contribution in [-0.4, -0.2) is 49.3 Å². The van der Waals surface area contributed by atoms with E-state index in [1.165, 1.54) is 12.1 Å². The highest BCUT2D eigenvalue weighted by Crippen LogP contribution is 2.32. The monoisotopic (exact) mass is 335 g/mol. The van der Waals surface area contributed by atoms with E-state index >= 15 is 0 Å². The zero-order chi connectivity index (χ0) is 16.9. The summed E-state index contributed by atoms with van der Waals surface area (Å²) in [5.41, 5.74) is 1.10. The maximum absolute atomic E-state index is 13.1. The van der Waals surface area contributed by atoms with Crippen molar-refractivity contribution in [3.63, 3.8) is 0 Å². The molecule has 2 aliphatic rings. The van der Waals surface area contributed by atoms with Crippen LogP contribution in [0.3, 0.4) is 0 Å². The molecule has 1 amide bonds. The van der Waals surface area contributed by atoms with Crippen molar-refractivity contribution in [3.05, 3.63) is 35.6 Å². The van der Waals surface area contributed by atoms with E-state index < -0.39 is 0 Å². The Morgan fingerprint density at radius 2 is 2.17 bits per heavy atom. The van der Waals surface area contributed by atoms with Crippen molar-refractivity contribution in [1.82, 2.24) is 4.90 Å². The first kappa shape index (κ1) is 17.4. The van der Waals surface area contributed by atoms with Gasteiger partial charge >= 0.3 is 0 Å². The Bertz CT molecular complexity index is 542. The first-order valence-electron chi connectivity index (χ1n) is 8.88. The van der Waals surface area contributed by atoms with Crippen molar-refractivity contribution in [2.45, 2.75) is 50.7 Å². The summed E-state index contributed by atoms with van der Waals surface area (Å²) >= 11 is 0. The summed E-state index contributed by atoms with van der Waals surface area (Å²) in [5.74, 6) is 0.206. The van der Waals surface area contributed by atoms with E-state index in [1.54, 1.807) is 0 Å². The van der Waals surface area contributed by atoms with Crippen LogP contribution in [0, 0.1) is 5.82 Å². The molecule has 2 saturated heterocycles. The minimum absolute atomic E-state index is 0.138. The number of carbonyl (C=O) groups is 1. The van der Waals surface area contributed by atoms with E-state index in [1.807, 2.05) is 17.0 Å². The Balaban J connectivity index is 1.43. The molecule has 0 aliphatic carbocycles. The summed E-state index contributed by atoms with van der Waals surface area (Å²) < 4.78 is 24.1. The number of halogens is 1. The third-order valence-electron chi connectivity index (χ3n) is 5.02. The van der Waals surface area contributed by atoms with Gasteiger partial charge in [0.25, 0.3) is 0 Å². The predicted molar refractivity (Wildman–Crippen MR) is 89.3 cm³/mol. The smallest absolute Gasteiger partial charge is 0.225 e. The predicted octanol–water partition coefficient (Wildman–Crippen LogP) is 3.12. The second-order valence-electron chi connectivity index (χ2n) is 6.84. The standard InChI is InChI=1S/C19H26FNO3/c1-14-11-16(15-4-6-17(20)7-5-15)12-21(14)19(22)8-10-23-13-18-3-2-9-24-18/h4-7,14,16,18H,2-3,8-13H2,1H3/t14-,16+,18-/m1/s1. The molecule has 0 bridgehead atoms. The number of amides is 1. The van der Waals surface area contributed by atoms with E-state index in [0.717, 1.165) is 31.4 Å². The van der Waals surface area contributed by atoms with Gasteiger partial charge in [-0.15, -0.1) is 0 Å². The summed E-state index contributed by atoms with van der Waals surface area (Å²) in [6, 6.07) is 6.84. The summed E-state index contributed by atoms with van der Waals surface area (Å²) in [5, 5.41) is 0. The van der Waals surface area contributed by atoms with Gasteiger partial charge in [0.1, 0.15) is 5.82 Å². The Morgan fingerprint density at radius 3 is 2.88 bits per heavy atom. The largest absolute Gasteiger partial charge is 0.378 e. The van der Waals surface area contributed by atoms with Crippen LogP contribution in [0.15, 0.2) is 24.3 Å². The highest BCUT2D eigenvalue weighted by molar-refractivity contribution is 5.77. The van der Waals surface area contributed by atoms with Gasteiger partial charge in [-0.05, 0) is 43.9 Å². The van der Waals surface area contributed by atoms with Crippen LogP contribution in [0.2, 0.25) is 0 Å². The van der Waals surface area contributed by atoms with Crippen molar-refractivity contribution in [3.8, 4) is 0 Å². The van der Waals surface area contributed by atoms with Gasteiger partial charge < -0.3 is 14.4 Å². The van der Waals surface area contributed by atoms with Crippen LogP contribution >= 0.6 is 0 Å². The molecule has 24 heavy (non-hydrogen) atoms. The highest BCUT2D eigenvalue weighted by atomic mass is 19.1. The number of carbonyl (C=O) groups excluding carboxylic acids is 1. The quantitative estimate of drug-likeness (QED) is 0.750. The van der Waals surface area contributed by atoms with Crippen LogP contribution in [-0.2, 0) is 14.3 Å². The average Bonchev–Trinajstić information content (AvgIpc) is 3.22. The third-order valence-corrected chi connectivity index (χ3v) is 5.02. The Labute approximate surface area is 142 Å². The molecule has 1 aromatic carbocycles. The Hall–Kier alpha value is -1.46. The average molecular weight is 335 g/mol. The molecule has 5 heteroatoms. The molecule has 0 N–H and O–H groups in total. The normalized spacial score (nSPS) is 26.9. The van der Waals surface area contributed by atoms with Crippen molar-refractivity contribution in [2.24, 2.45) is 0 Å². The molecule has 3 rings (SSSR count). The molecule has 0 radical (unpaired) electrons. The van der Waals surface area contributed by atoms with Gasteiger partial charge in [-0.1, -0.05) is 12.1 Å². The molecular formula is C19H26FNO3. The van der Waals surface area contributed by atoms with Crippen molar-refractivity contribution in [1.29, 1.82) is 0 Å². The second-order valence-corrected chi connectivity index (χ2v) is 6.84. The van der Waals surface area contributed by atoms with Crippen LogP contribution in [0.4, 0.5) is 4.39 Å². The summed E-state index contributed by atoms with van der Waals surface area (Å²) in [6.07, 6.45) is 3.69. The fourth-order valence-electron chi connectivity index (χ4n) is 3.65. The SMILES string of the molecule is C[C@@H]1C[C@H](c2ccc(F)cc2)CN1C(=O)CCOC[C@H]1CCCO1. The summed E-state index contributed by atoms with van der Waals surface area (Å²) in [7, 11) is 0. The van der Waals surface area contributed by atoms with Gasteiger partial charge in [0.05, 0.1) is 25.7 Å². The fourth-order valence-corrected chi connectivity index (χ4v) is 3.65. The van der Waals surface area contributed by atoms with Crippen LogP contribution in [0.25, 0.3) is 0 Å². The van der Waals surface area contributed by atoms with Gasteiger partial charge in [-0.3, -0.25) is 4.79 Å². The molecule has 0 unspecified atom stereocenters. The maximum atomic E-state index is 13.1. The van der Waals surface area contributed by atoms with E-state index in [9.17, 15) is 9.18 Å². The molecular weight excluding hydrogens is 309 g/mol. The minimum atomic E-state index is -0.221. The van der Waals surface area contributed by atoms with E-state index in [2.05, 4.69) is 6.92 Å². The number of nitrogens with zero attached hydrogens (tertiary/aromatic N) is 1. The second kappa shape index (κ2) is 8.08. The number of hydrogen-bond donors (Lipinski definition) is 0. The third kappa shape index (κ3) is 4.33. The molecule has 4 nitrogen and oxygen atoms in total. The molecule has 132 valence electrons. The van der Waals surface area contributed by atoms with Crippen molar-refractivity contribution >= 4 is 5.91 Å². The zero-order valence-corrected chi connectivity index (χ0v) is 14.2. The lowest BCUT2D eigenvalue weighted by atomic mass is 9.97. The topological polar surface area (TPSA) is 38.8 Å². The molecule has 3 atom stereocenters. The summed E-state index contributed by atoms with van der Waals surface area (Å²) in [4.78, 5) is 14.4. The maximum Gasteiger partial charge on any atom is 0.225 e. The van der Waals surface area contributed by atoms with Gasteiger partial charge in [-0.2, -0.15) is 0 Å². The van der Waals surface area contributed by atoms with Gasteiger partial charge in [0, 0.05) is 25.1 Å². The van der Waals surface area contributed by atoms with E-state index in [-0.39, 0.29) is 29.8 Å². The molecule has 1 aromatic rings. The molecule has 0 spiro atoms. The Kier molecular flexibility index (Phi) is 5.85. The fraction of sp³-hybridized carbons (Fsp3) is 0.632.